The van der Waals surface area contributed by atoms with Gasteiger partial charge in [-0.1, -0.05) is 19.3 Å². The molecule has 0 radical (unpaired) electrons. The van der Waals surface area contributed by atoms with E-state index in [2.05, 4.69) is 9.98 Å². The standard InChI is InChI=1S/C8H11N2O2.Au/c11-7-9-5-3-1-2-4-6-10-8-12;/h5H,1-4,6H2;/q-1;+1. The van der Waals surface area contributed by atoms with E-state index in [0.717, 1.165) is 25.7 Å². The summed E-state index contributed by atoms with van der Waals surface area (Å²) in [6.07, 6.45) is 6.51. The molecule has 0 rings (SSSR count). The van der Waals surface area contributed by atoms with Crippen LogP contribution < -0.4 is 0 Å². The van der Waals surface area contributed by atoms with Gasteiger partial charge in [-0.15, -0.1) is 6.54 Å². The Balaban J connectivity index is 0. The van der Waals surface area contributed by atoms with Crippen LogP contribution in [0.15, 0.2) is 9.98 Å². The smallest absolute Gasteiger partial charge is 0.386 e. The zero-order valence-corrected chi connectivity index (χ0v) is 9.29. The van der Waals surface area contributed by atoms with Crippen LogP contribution in [0.25, 0.3) is 0 Å². The Morgan fingerprint density at radius 2 is 1.85 bits per heavy atom. The van der Waals surface area contributed by atoms with Crippen molar-refractivity contribution in [3.63, 3.8) is 0 Å². The van der Waals surface area contributed by atoms with Crippen LogP contribution in [0, 0.1) is 6.54 Å². The molecule has 0 N–H and O–H groups in total. The molecule has 0 unspecified atom stereocenters. The van der Waals surface area contributed by atoms with Crippen molar-refractivity contribution in [3.8, 4) is 0 Å². The van der Waals surface area contributed by atoms with E-state index >= 15 is 0 Å². The SMILES string of the molecule is O=C=N[CH-]CCCCCN=C=O.[Au+]. The summed E-state index contributed by atoms with van der Waals surface area (Å²) in [7, 11) is 0. The van der Waals surface area contributed by atoms with Crippen LogP contribution in [-0.4, -0.2) is 18.7 Å². The fourth-order valence-corrected chi connectivity index (χ4v) is 0.751. The Labute approximate surface area is 93.0 Å². The van der Waals surface area contributed by atoms with E-state index in [1.807, 2.05) is 0 Å². The molecule has 13 heavy (non-hydrogen) atoms. The van der Waals surface area contributed by atoms with Gasteiger partial charge in [0.25, 0.3) is 0 Å². The van der Waals surface area contributed by atoms with Gasteiger partial charge in [0, 0.05) is 0 Å². The van der Waals surface area contributed by atoms with Gasteiger partial charge in [-0.25, -0.2) is 9.79 Å². The van der Waals surface area contributed by atoms with Gasteiger partial charge in [0.1, 0.15) is 0 Å². The van der Waals surface area contributed by atoms with E-state index in [-0.39, 0.29) is 22.4 Å². The minimum Gasteiger partial charge on any atom is -0.386 e. The van der Waals surface area contributed by atoms with Crippen LogP contribution in [0.4, 0.5) is 0 Å². The van der Waals surface area contributed by atoms with E-state index in [1.165, 1.54) is 18.7 Å². The number of rotatable bonds is 7. The molecule has 0 atom stereocenters. The maximum absolute atomic E-state index is 9.62. The molecule has 0 bridgehead atoms. The monoisotopic (exact) mass is 364 g/mol. The van der Waals surface area contributed by atoms with Crippen molar-refractivity contribution >= 4 is 12.2 Å². The summed E-state index contributed by atoms with van der Waals surface area (Å²) >= 11 is 0. The zero-order chi connectivity index (χ0) is 9.07. The van der Waals surface area contributed by atoms with Crippen LogP contribution in [-0.2, 0) is 32.0 Å². The molecule has 0 amide bonds. The minimum absolute atomic E-state index is 0. The quantitative estimate of drug-likeness (QED) is 0.225. The molecule has 0 aromatic heterocycles. The van der Waals surface area contributed by atoms with Crippen molar-refractivity contribution in [3.05, 3.63) is 6.54 Å². The van der Waals surface area contributed by atoms with Gasteiger partial charge in [0.05, 0.1) is 6.54 Å². The Bertz CT molecular complexity index is 174. The van der Waals surface area contributed by atoms with E-state index in [1.54, 1.807) is 0 Å². The summed E-state index contributed by atoms with van der Waals surface area (Å²) in [4.78, 5) is 25.9. The third-order valence-electron chi connectivity index (χ3n) is 1.31. The van der Waals surface area contributed by atoms with Gasteiger partial charge >= 0.3 is 22.4 Å². The second-order valence-electron chi connectivity index (χ2n) is 2.23. The molecule has 0 aliphatic rings. The first-order valence-electron chi connectivity index (χ1n) is 3.84. The summed E-state index contributed by atoms with van der Waals surface area (Å²) in [5.74, 6) is 0. The predicted octanol–water partition coefficient (Wildman–Crippen LogP) is 1.38. The number of aliphatic imine (C=N–C) groups is 2. The third-order valence-corrected chi connectivity index (χ3v) is 1.31. The Kier molecular flexibility index (Phi) is 15.9. The molecule has 0 spiro atoms. The second kappa shape index (κ2) is 13.9. The molecule has 0 aromatic carbocycles. The number of isocyanates is 2. The molecule has 0 aliphatic heterocycles. The molecule has 0 fully saturated rings. The van der Waals surface area contributed by atoms with Gasteiger partial charge in [0.2, 0.25) is 6.08 Å². The Hall–Kier alpha value is -0.630. The summed E-state index contributed by atoms with van der Waals surface area (Å²) in [5.41, 5.74) is 0. The van der Waals surface area contributed by atoms with Crippen molar-refractivity contribution in [1.82, 2.24) is 0 Å². The number of nitrogens with zero attached hydrogens (tertiary/aromatic N) is 2. The first kappa shape index (κ1) is 14.9. The van der Waals surface area contributed by atoms with E-state index in [9.17, 15) is 9.59 Å². The third kappa shape index (κ3) is 14.2. The van der Waals surface area contributed by atoms with Gasteiger partial charge in [-0.3, -0.25) is 0 Å². The summed E-state index contributed by atoms with van der Waals surface area (Å²) < 4.78 is 0. The van der Waals surface area contributed by atoms with Gasteiger partial charge in [0.15, 0.2) is 0 Å². The number of unbranched alkanes of at least 4 members (excludes halogenated alkanes) is 3. The summed E-state index contributed by atoms with van der Waals surface area (Å²) in [6.45, 7) is 2.08. The fourth-order valence-electron chi connectivity index (χ4n) is 0.751. The minimum atomic E-state index is 0. The van der Waals surface area contributed by atoms with Gasteiger partial charge < -0.3 is 9.79 Å². The molecule has 0 aromatic rings. The average Bonchev–Trinajstić information content (AvgIpc) is 2.10. The molecule has 0 saturated carbocycles. The maximum atomic E-state index is 9.62. The molecule has 4 nitrogen and oxygen atoms in total. The normalized spacial score (nSPS) is 7.38. The van der Waals surface area contributed by atoms with Crippen molar-refractivity contribution in [2.45, 2.75) is 25.7 Å². The topological polar surface area (TPSA) is 58.9 Å². The van der Waals surface area contributed by atoms with Crippen LogP contribution >= 0.6 is 0 Å². The number of hydrogen-bond donors (Lipinski definition) is 0. The van der Waals surface area contributed by atoms with Gasteiger partial charge in [-0.05, 0) is 12.5 Å². The Morgan fingerprint density at radius 3 is 2.46 bits per heavy atom. The first-order valence-corrected chi connectivity index (χ1v) is 3.84. The Morgan fingerprint density at radius 1 is 1.08 bits per heavy atom. The molecule has 76 valence electrons. The predicted molar refractivity (Wildman–Crippen MR) is 43.9 cm³/mol. The number of carbonyl (C=O) groups excluding carboxylic acids is 2. The fraction of sp³-hybridized carbons (Fsp3) is 0.625. The molecular weight excluding hydrogens is 353 g/mol. The van der Waals surface area contributed by atoms with Crippen molar-refractivity contribution < 1.29 is 32.0 Å². The van der Waals surface area contributed by atoms with E-state index in [0.29, 0.717) is 6.54 Å². The number of hydrogen-bond acceptors (Lipinski definition) is 4. The molecule has 0 aliphatic carbocycles. The van der Waals surface area contributed by atoms with Crippen molar-refractivity contribution in [2.24, 2.45) is 9.98 Å². The largest absolute Gasteiger partial charge is 1.00 e. The van der Waals surface area contributed by atoms with Crippen molar-refractivity contribution in [2.75, 3.05) is 6.54 Å². The van der Waals surface area contributed by atoms with Crippen LogP contribution in [0.1, 0.15) is 25.7 Å². The maximum Gasteiger partial charge on any atom is 1.00 e. The summed E-state index contributed by atoms with van der Waals surface area (Å²) in [6, 6.07) is 0. The average molecular weight is 364 g/mol. The van der Waals surface area contributed by atoms with Crippen molar-refractivity contribution in [1.29, 1.82) is 0 Å². The summed E-state index contributed by atoms with van der Waals surface area (Å²) in [5, 5.41) is 0. The van der Waals surface area contributed by atoms with Crippen LogP contribution in [0.5, 0.6) is 0 Å². The zero-order valence-electron chi connectivity index (χ0n) is 7.13. The molecule has 0 heterocycles. The van der Waals surface area contributed by atoms with E-state index < -0.39 is 0 Å². The molecular formula is C8H11AuN2O2. The second-order valence-corrected chi connectivity index (χ2v) is 2.23. The molecule has 0 saturated heterocycles. The van der Waals surface area contributed by atoms with E-state index in [4.69, 9.17) is 0 Å². The van der Waals surface area contributed by atoms with Crippen LogP contribution in [0.2, 0.25) is 0 Å². The first-order chi connectivity index (χ1) is 5.91. The van der Waals surface area contributed by atoms with Crippen LogP contribution in [0.3, 0.4) is 0 Å². The molecule has 5 heteroatoms. The van der Waals surface area contributed by atoms with Gasteiger partial charge in [-0.2, -0.15) is 0 Å².